The first-order chi connectivity index (χ1) is 15.5. The molecule has 0 unspecified atom stereocenters. The van der Waals surface area contributed by atoms with E-state index in [4.69, 9.17) is 11.6 Å². The van der Waals surface area contributed by atoms with Crippen LogP contribution in [0.15, 0.2) is 72.8 Å². The summed E-state index contributed by atoms with van der Waals surface area (Å²) in [5.74, 6) is -0.106. The normalized spacial score (nSPS) is 13.7. The summed E-state index contributed by atoms with van der Waals surface area (Å²) in [4.78, 5) is 29.3. The van der Waals surface area contributed by atoms with E-state index in [1.807, 2.05) is 53.4 Å². The Hall–Kier alpha value is -3.31. The average molecular weight is 448 g/mol. The largest absolute Gasteiger partial charge is 0.368 e. The van der Waals surface area contributed by atoms with E-state index < -0.39 is 0 Å². The third kappa shape index (κ3) is 5.11. The van der Waals surface area contributed by atoms with Gasteiger partial charge >= 0.3 is 0 Å². The van der Waals surface area contributed by atoms with Crippen molar-refractivity contribution in [1.82, 2.24) is 4.90 Å². The molecule has 1 heterocycles. The number of piperazine rings is 1. The summed E-state index contributed by atoms with van der Waals surface area (Å²) < 4.78 is 0. The van der Waals surface area contributed by atoms with Gasteiger partial charge in [-0.1, -0.05) is 36.7 Å². The summed E-state index contributed by atoms with van der Waals surface area (Å²) in [6.45, 7) is 5.01. The van der Waals surface area contributed by atoms with Gasteiger partial charge in [0.15, 0.2) is 0 Å². The molecule has 1 N–H and O–H groups in total. The summed E-state index contributed by atoms with van der Waals surface area (Å²) in [5, 5.41) is 3.43. The number of carbonyl (C=O) groups is 2. The van der Waals surface area contributed by atoms with Gasteiger partial charge in [-0.2, -0.15) is 0 Å². The highest BCUT2D eigenvalue weighted by Gasteiger charge is 2.22. The lowest BCUT2D eigenvalue weighted by molar-refractivity contribution is 0.0746. The van der Waals surface area contributed by atoms with E-state index in [2.05, 4.69) is 17.1 Å². The summed E-state index contributed by atoms with van der Waals surface area (Å²) >= 11 is 5.97. The van der Waals surface area contributed by atoms with Gasteiger partial charge < -0.3 is 15.1 Å². The second kappa shape index (κ2) is 9.88. The van der Waals surface area contributed by atoms with Gasteiger partial charge in [-0.05, 0) is 66.6 Å². The molecule has 0 radical (unpaired) electrons. The van der Waals surface area contributed by atoms with Crippen LogP contribution in [0, 0.1) is 0 Å². The van der Waals surface area contributed by atoms with Crippen molar-refractivity contribution in [2.45, 2.75) is 13.3 Å². The predicted molar refractivity (Wildman–Crippen MR) is 130 cm³/mol. The molecule has 1 saturated heterocycles. The van der Waals surface area contributed by atoms with E-state index in [-0.39, 0.29) is 11.8 Å². The number of anilines is 2. The van der Waals surface area contributed by atoms with Crippen LogP contribution < -0.4 is 10.2 Å². The summed E-state index contributed by atoms with van der Waals surface area (Å²) in [6.07, 6.45) is 0.968. The van der Waals surface area contributed by atoms with Gasteiger partial charge in [0.2, 0.25) is 0 Å². The lowest BCUT2D eigenvalue weighted by Crippen LogP contribution is -2.48. The van der Waals surface area contributed by atoms with E-state index in [9.17, 15) is 9.59 Å². The molecule has 0 bridgehead atoms. The number of carbonyl (C=O) groups excluding carboxylic acids is 2. The SMILES string of the molecule is CCc1ccc(C(=O)N2CCN(c3ccc(NC(=O)c4cccc(Cl)c4)cc3)CC2)cc1. The first-order valence-corrected chi connectivity index (χ1v) is 11.2. The van der Waals surface area contributed by atoms with Crippen LogP contribution in [0.3, 0.4) is 0 Å². The molecule has 1 fully saturated rings. The van der Waals surface area contributed by atoms with E-state index in [0.29, 0.717) is 23.7 Å². The fourth-order valence-corrected chi connectivity index (χ4v) is 4.01. The molecule has 32 heavy (non-hydrogen) atoms. The van der Waals surface area contributed by atoms with E-state index in [0.717, 1.165) is 36.4 Å². The van der Waals surface area contributed by atoms with Crippen LogP contribution in [0.2, 0.25) is 5.02 Å². The minimum Gasteiger partial charge on any atom is -0.368 e. The van der Waals surface area contributed by atoms with Crippen LogP contribution in [0.4, 0.5) is 11.4 Å². The minimum atomic E-state index is -0.195. The van der Waals surface area contributed by atoms with Crippen LogP contribution >= 0.6 is 11.6 Å². The number of halogens is 1. The number of hydrogen-bond donors (Lipinski definition) is 1. The molecular weight excluding hydrogens is 422 g/mol. The van der Waals surface area contributed by atoms with Crippen molar-refractivity contribution in [3.8, 4) is 0 Å². The smallest absolute Gasteiger partial charge is 0.255 e. The highest BCUT2D eigenvalue weighted by molar-refractivity contribution is 6.31. The number of hydrogen-bond acceptors (Lipinski definition) is 3. The molecule has 0 atom stereocenters. The Morgan fingerprint density at radius 1 is 0.875 bits per heavy atom. The zero-order chi connectivity index (χ0) is 22.5. The molecule has 2 amide bonds. The molecule has 0 spiro atoms. The molecule has 164 valence electrons. The molecule has 4 rings (SSSR count). The molecule has 3 aromatic rings. The summed E-state index contributed by atoms with van der Waals surface area (Å²) in [5.41, 5.74) is 4.30. The molecule has 0 aliphatic carbocycles. The van der Waals surface area contributed by atoms with Crippen LogP contribution in [-0.2, 0) is 6.42 Å². The third-order valence-corrected chi connectivity index (χ3v) is 5.99. The molecular formula is C26H26ClN3O2. The molecule has 0 aromatic heterocycles. The maximum absolute atomic E-state index is 12.8. The average Bonchev–Trinajstić information content (AvgIpc) is 2.84. The van der Waals surface area contributed by atoms with Crippen molar-refractivity contribution in [2.24, 2.45) is 0 Å². The van der Waals surface area contributed by atoms with Gasteiger partial charge in [0.1, 0.15) is 0 Å². The quantitative estimate of drug-likeness (QED) is 0.590. The fraction of sp³-hybridized carbons (Fsp3) is 0.231. The molecule has 3 aromatic carbocycles. The van der Waals surface area contributed by atoms with Crippen LogP contribution in [0.25, 0.3) is 0 Å². The first-order valence-electron chi connectivity index (χ1n) is 10.8. The van der Waals surface area contributed by atoms with Gasteiger partial charge in [-0.15, -0.1) is 0 Å². The number of aryl methyl sites for hydroxylation is 1. The van der Waals surface area contributed by atoms with Crippen molar-refractivity contribution < 1.29 is 9.59 Å². The van der Waals surface area contributed by atoms with Crippen molar-refractivity contribution in [3.05, 3.63) is 94.5 Å². The molecule has 5 nitrogen and oxygen atoms in total. The number of rotatable bonds is 5. The second-order valence-electron chi connectivity index (χ2n) is 7.84. The van der Waals surface area contributed by atoms with Gasteiger partial charge in [-0.25, -0.2) is 0 Å². The van der Waals surface area contributed by atoms with E-state index in [1.54, 1.807) is 24.3 Å². The fourth-order valence-electron chi connectivity index (χ4n) is 3.82. The molecule has 6 heteroatoms. The summed E-state index contributed by atoms with van der Waals surface area (Å²) in [6, 6.07) is 22.5. The highest BCUT2D eigenvalue weighted by atomic mass is 35.5. The summed E-state index contributed by atoms with van der Waals surface area (Å²) in [7, 11) is 0. The lowest BCUT2D eigenvalue weighted by atomic mass is 10.1. The molecule has 0 saturated carbocycles. The molecule has 1 aliphatic rings. The maximum Gasteiger partial charge on any atom is 0.255 e. The van der Waals surface area contributed by atoms with Crippen LogP contribution in [0.5, 0.6) is 0 Å². The number of benzene rings is 3. The Morgan fingerprint density at radius 2 is 1.56 bits per heavy atom. The Balaban J connectivity index is 1.32. The topological polar surface area (TPSA) is 52.7 Å². The second-order valence-corrected chi connectivity index (χ2v) is 8.28. The van der Waals surface area contributed by atoms with Gasteiger partial charge in [0.05, 0.1) is 0 Å². The van der Waals surface area contributed by atoms with Gasteiger partial charge in [-0.3, -0.25) is 9.59 Å². The van der Waals surface area contributed by atoms with Crippen LogP contribution in [0.1, 0.15) is 33.2 Å². The monoisotopic (exact) mass is 447 g/mol. The van der Waals surface area contributed by atoms with Crippen molar-refractivity contribution in [3.63, 3.8) is 0 Å². The maximum atomic E-state index is 12.8. The van der Waals surface area contributed by atoms with Crippen molar-refractivity contribution in [1.29, 1.82) is 0 Å². The van der Waals surface area contributed by atoms with Crippen molar-refractivity contribution >= 4 is 34.8 Å². The Kier molecular flexibility index (Phi) is 6.76. The Labute approximate surface area is 193 Å². The van der Waals surface area contributed by atoms with Crippen LogP contribution in [-0.4, -0.2) is 42.9 Å². The molecule has 1 aliphatic heterocycles. The predicted octanol–water partition coefficient (Wildman–Crippen LogP) is 5.12. The first kappa shape index (κ1) is 21.9. The zero-order valence-corrected chi connectivity index (χ0v) is 18.8. The third-order valence-electron chi connectivity index (χ3n) is 5.75. The Bertz CT molecular complexity index is 1090. The highest BCUT2D eigenvalue weighted by Crippen LogP contribution is 2.21. The number of amides is 2. The van der Waals surface area contributed by atoms with Gasteiger partial charge in [0, 0.05) is 53.7 Å². The Morgan fingerprint density at radius 3 is 2.19 bits per heavy atom. The lowest BCUT2D eigenvalue weighted by Gasteiger charge is -2.36. The van der Waals surface area contributed by atoms with E-state index in [1.165, 1.54) is 5.56 Å². The minimum absolute atomic E-state index is 0.0892. The van der Waals surface area contributed by atoms with E-state index >= 15 is 0 Å². The standard InChI is InChI=1S/C26H26ClN3O2/c1-2-19-6-8-20(9-7-19)26(32)30-16-14-29(15-17-30)24-12-10-23(11-13-24)28-25(31)21-4-3-5-22(27)18-21/h3-13,18H,2,14-17H2,1H3,(H,28,31). The van der Waals surface area contributed by atoms with Crippen molar-refractivity contribution in [2.75, 3.05) is 36.4 Å². The zero-order valence-electron chi connectivity index (χ0n) is 18.1. The van der Waals surface area contributed by atoms with Gasteiger partial charge in [0.25, 0.3) is 11.8 Å². The number of nitrogens with zero attached hydrogens (tertiary/aromatic N) is 2. The number of nitrogens with one attached hydrogen (secondary N) is 1.